The van der Waals surface area contributed by atoms with Crippen LogP contribution < -0.4 is 10.0 Å². The molecule has 0 amide bonds. The highest BCUT2D eigenvalue weighted by molar-refractivity contribution is 7.89. The zero-order chi connectivity index (χ0) is 19.6. The van der Waals surface area contributed by atoms with Gasteiger partial charge in [-0.2, -0.15) is 0 Å². The molecule has 1 fully saturated rings. The summed E-state index contributed by atoms with van der Waals surface area (Å²) in [6, 6.07) is 14.7. The van der Waals surface area contributed by atoms with Crippen LogP contribution in [0, 0.1) is 5.92 Å². The number of aromatic amines is 1. The number of imidazole rings is 1. The van der Waals surface area contributed by atoms with E-state index in [9.17, 15) is 8.42 Å². The Morgan fingerprint density at radius 2 is 1.82 bits per heavy atom. The van der Waals surface area contributed by atoms with Gasteiger partial charge in [0.25, 0.3) is 0 Å². The van der Waals surface area contributed by atoms with Gasteiger partial charge in [0.1, 0.15) is 0 Å². The second-order valence-corrected chi connectivity index (χ2v) is 9.28. The number of benzene rings is 2. The standard InChI is InChI=1S/C21H26N4O2S/c1-15(16-8-4-2-5-9-16)25-28(26,27)18-12-13-19-20(14-18)24-21(23-19)22-17-10-6-3-7-11-17/h3,6-7,10-16,25H,2,4-5,8-9H2,1H3,(H2,22,23,24). The molecule has 7 heteroatoms. The van der Waals surface area contributed by atoms with E-state index in [4.69, 9.17) is 0 Å². The molecule has 1 aliphatic rings. The van der Waals surface area contributed by atoms with E-state index in [0.29, 0.717) is 17.4 Å². The van der Waals surface area contributed by atoms with E-state index in [1.54, 1.807) is 18.2 Å². The van der Waals surface area contributed by atoms with Crippen molar-refractivity contribution >= 4 is 32.7 Å². The minimum atomic E-state index is -3.57. The highest BCUT2D eigenvalue weighted by Crippen LogP contribution is 2.27. The summed E-state index contributed by atoms with van der Waals surface area (Å²) >= 11 is 0. The van der Waals surface area contributed by atoms with E-state index in [1.165, 1.54) is 19.3 Å². The quantitative estimate of drug-likeness (QED) is 0.568. The Morgan fingerprint density at radius 1 is 1.07 bits per heavy atom. The Balaban J connectivity index is 1.53. The Morgan fingerprint density at radius 3 is 2.57 bits per heavy atom. The molecule has 0 radical (unpaired) electrons. The summed E-state index contributed by atoms with van der Waals surface area (Å²) in [6.07, 6.45) is 5.82. The highest BCUT2D eigenvalue weighted by Gasteiger charge is 2.25. The summed E-state index contributed by atoms with van der Waals surface area (Å²) in [7, 11) is -3.57. The molecule has 148 valence electrons. The van der Waals surface area contributed by atoms with E-state index in [-0.39, 0.29) is 10.9 Å². The lowest BCUT2D eigenvalue weighted by Crippen LogP contribution is -2.38. The molecule has 6 nitrogen and oxygen atoms in total. The van der Waals surface area contributed by atoms with Gasteiger partial charge in [0.05, 0.1) is 15.9 Å². The van der Waals surface area contributed by atoms with Crippen molar-refractivity contribution in [2.24, 2.45) is 5.92 Å². The molecule has 1 heterocycles. The minimum Gasteiger partial charge on any atom is -0.326 e. The fraction of sp³-hybridized carbons (Fsp3) is 0.381. The fourth-order valence-electron chi connectivity index (χ4n) is 3.92. The van der Waals surface area contributed by atoms with Crippen LogP contribution in [0.25, 0.3) is 11.0 Å². The zero-order valence-electron chi connectivity index (χ0n) is 16.0. The second kappa shape index (κ2) is 7.93. The summed E-state index contributed by atoms with van der Waals surface area (Å²) in [4.78, 5) is 7.90. The topological polar surface area (TPSA) is 86.9 Å². The van der Waals surface area contributed by atoms with Gasteiger partial charge < -0.3 is 10.3 Å². The molecule has 1 unspecified atom stereocenters. The second-order valence-electron chi connectivity index (χ2n) is 7.56. The maximum Gasteiger partial charge on any atom is 0.240 e. The summed E-state index contributed by atoms with van der Waals surface area (Å²) in [6.45, 7) is 1.98. The van der Waals surface area contributed by atoms with Crippen molar-refractivity contribution in [3.05, 3.63) is 48.5 Å². The summed E-state index contributed by atoms with van der Waals surface area (Å²) in [5.41, 5.74) is 2.32. The smallest absolute Gasteiger partial charge is 0.240 e. The number of sulfonamides is 1. The van der Waals surface area contributed by atoms with Crippen molar-refractivity contribution in [2.45, 2.75) is 50.0 Å². The summed E-state index contributed by atoms with van der Waals surface area (Å²) < 4.78 is 28.6. The zero-order valence-corrected chi connectivity index (χ0v) is 16.8. The number of nitrogens with one attached hydrogen (secondary N) is 3. The van der Waals surface area contributed by atoms with E-state index in [0.717, 1.165) is 24.0 Å². The minimum absolute atomic E-state index is 0.0573. The largest absolute Gasteiger partial charge is 0.326 e. The molecule has 28 heavy (non-hydrogen) atoms. The lowest BCUT2D eigenvalue weighted by molar-refractivity contribution is 0.303. The van der Waals surface area contributed by atoms with Crippen LogP contribution in [0.2, 0.25) is 0 Å². The molecule has 1 aliphatic carbocycles. The molecule has 1 atom stereocenters. The van der Waals surface area contributed by atoms with E-state index in [2.05, 4.69) is 20.0 Å². The van der Waals surface area contributed by atoms with Gasteiger partial charge in [0, 0.05) is 11.7 Å². The van der Waals surface area contributed by atoms with Gasteiger partial charge in [-0.3, -0.25) is 0 Å². The molecular weight excluding hydrogens is 372 g/mol. The number of hydrogen-bond donors (Lipinski definition) is 3. The van der Waals surface area contributed by atoms with E-state index in [1.807, 2.05) is 37.3 Å². The number of nitrogens with zero attached hydrogens (tertiary/aromatic N) is 1. The number of hydrogen-bond acceptors (Lipinski definition) is 4. The average molecular weight is 399 g/mol. The SMILES string of the molecule is CC(NS(=O)(=O)c1ccc2nc(Nc3ccccc3)[nH]c2c1)C1CCCCC1. The van der Waals surface area contributed by atoms with Gasteiger partial charge in [0.15, 0.2) is 0 Å². The Bertz CT molecular complexity index is 1040. The number of fused-ring (bicyclic) bond motifs is 1. The van der Waals surface area contributed by atoms with Gasteiger partial charge in [-0.25, -0.2) is 18.1 Å². The monoisotopic (exact) mass is 398 g/mol. The number of H-pyrrole nitrogens is 1. The van der Waals surface area contributed by atoms with Crippen LogP contribution in [-0.4, -0.2) is 24.4 Å². The maximum absolute atomic E-state index is 12.9. The van der Waals surface area contributed by atoms with E-state index >= 15 is 0 Å². The number of anilines is 2. The van der Waals surface area contributed by atoms with Crippen LogP contribution in [0.3, 0.4) is 0 Å². The Hall–Kier alpha value is -2.38. The Labute approximate surface area is 165 Å². The first-order valence-electron chi connectivity index (χ1n) is 9.85. The average Bonchev–Trinajstić information content (AvgIpc) is 3.10. The first-order valence-corrected chi connectivity index (χ1v) is 11.3. The number of rotatable bonds is 6. The third-order valence-corrected chi connectivity index (χ3v) is 7.05. The normalized spacial score (nSPS) is 16.9. The van der Waals surface area contributed by atoms with E-state index < -0.39 is 10.0 Å². The molecule has 0 spiro atoms. The van der Waals surface area contributed by atoms with Crippen LogP contribution in [-0.2, 0) is 10.0 Å². The van der Waals surface area contributed by atoms with Gasteiger partial charge in [-0.15, -0.1) is 0 Å². The van der Waals surface area contributed by atoms with Crippen LogP contribution in [0.1, 0.15) is 39.0 Å². The number of aromatic nitrogens is 2. The van der Waals surface area contributed by atoms with Gasteiger partial charge in [-0.1, -0.05) is 37.5 Å². The molecular formula is C21H26N4O2S. The molecule has 3 N–H and O–H groups in total. The molecule has 2 aromatic carbocycles. The van der Waals surface area contributed by atoms with Crippen molar-refractivity contribution < 1.29 is 8.42 Å². The lowest BCUT2D eigenvalue weighted by Gasteiger charge is -2.28. The molecule has 1 aromatic heterocycles. The molecule has 1 saturated carbocycles. The molecule has 0 saturated heterocycles. The van der Waals surface area contributed by atoms with Crippen LogP contribution in [0.15, 0.2) is 53.4 Å². The van der Waals surface area contributed by atoms with Gasteiger partial charge >= 0.3 is 0 Å². The van der Waals surface area contributed by atoms with Crippen molar-refractivity contribution in [3.63, 3.8) is 0 Å². The third kappa shape index (κ3) is 4.20. The van der Waals surface area contributed by atoms with Crippen molar-refractivity contribution in [3.8, 4) is 0 Å². The van der Waals surface area contributed by atoms with Crippen molar-refractivity contribution in [1.29, 1.82) is 0 Å². The predicted octanol–water partition coefficient (Wildman–Crippen LogP) is 4.55. The summed E-state index contributed by atoms with van der Waals surface area (Å²) in [5, 5.41) is 3.20. The number of para-hydroxylation sites is 1. The fourth-order valence-corrected chi connectivity index (χ4v) is 5.25. The first kappa shape index (κ1) is 19.0. The van der Waals surface area contributed by atoms with Crippen LogP contribution in [0.5, 0.6) is 0 Å². The molecule has 3 aromatic rings. The molecule has 0 bridgehead atoms. The predicted molar refractivity (Wildman–Crippen MR) is 112 cm³/mol. The van der Waals surface area contributed by atoms with Crippen LogP contribution >= 0.6 is 0 Å². The van der Waals surface area contributed by atoms with Crippen LogP contribution in [0.4, 0.5) is 11.6 Å². The highest BCUT2D eigenvalue weighted by atomic mass is 32.2. The van der Waals surface area contributed by atoms with Crippen molar-refractivity contribution in [1.82, 2.24) is 14.7 Å². The maximum atomic E-state index is 12.9. The Kier molecular flexibility index (Phi) is 5.37. The third-order valence-electron chi connectivity index (χ3n) is 5.50. The lowest BCUT2D eigenvalue weighted by atomic mass is 9.85. The summed E-state index contributed by atoms with van der Waals surface area (Å²) in [5.74, 6) is 1.00. The molecule has 0 aliphatic heterocycles. The molecule has 4 rings (SSSR count). The van der Waals surface area contributed by atoms with Gasteiger partial charge in [-0.05, 0) is 56.0 Å². The first-order chi connectivity index (χ1) is 13.5. The van der Waals surface area contributed by atoms with Gasteiger partial charge in [0.2, 0.25) is 16.0 Å². The van der Waals surface area contributed by atoms with Crippen molar-refractivity contribution in [2.75, 3.05) is 5.32 Å².